The SMILES string of the molecule is Oc1c(Cl)cccc1CNC1CCSCC1. The Morgan fingerprint density at radius 3 is 2.88 bits per heavy atom. The summed E-state index contributed by atoms with van der Waals surface area (Å²) in [5.41, 5.74) is 0.880. The van der Waals surface area contributed by atoms with Crippen molar-refractivity contribution in [3.05, 3.63) is 28.8 Å². The molecule has 1 heterocycles. The molecule has 0 aliphatic carbocycles. The van der Waals surface area contributed by atoms with Gasteiger partial charge in [0, 0.05) is 18.2 Å². The molecule has 1 aliphatic rings. The molecule has 0 aromatic heterocycles. The first-order chi connectivity index (χ1) is 7.77. The largest absolute Gasteiger partial charge is 0.506 e. The van der Waals surface area contributed by atoms with Gasteiger partial charge in [0.2, 0.25) is 0 Å². The zero-order chi connectivity index (χ0) is 11.4. The summed E-state index contributed by atoms with van der Waals surface area (Å²) < 4.78 is 0. The third-order valence-electron chi connectivity index (χ3n) is 2.87. The van der Waals surface area contributed by atoms with Crippen molar-refractivity contribution in [1.82, 2.24) is 5.32 Å². The van der Waals surface area contributed by atoms with Crippen LogP contribution in [-0.2, 0) is 6.54 Å². The third-order valence-corrected chi connectivity index (χ3v) is 4.23. The molecule has 1 aromatic carbocycles. The monoisotopic (exact) mass is 257 g/mol. The first kappa shape index (κ1) is 12.1. The van der Waals surface area contributed by atoms with Crippen molar-refractivity contribution < 1.29 is 5.11 Å². The zero-order valence-corrected chi connectivity index (χ0v) is 10.7. The second kappa shape index (κ2) is 5.80. The first-order valence-corrected chi connectivity index (χ1v) is 7.08. The quantitative estimate of drug-likeness (QED) is 0.873. The lowest BCUT2D eigenvalue weighted by atomic mass is 10.1. The summed E-state index contributed by atoms with van der Waals surface area (Å²) in [6, 6.07) is 6.07. The Labute approximate surface area is 105 Å². The number of phenols is 1. The van der Waals surface area contributed by atoms with Crippen molar-refractivity contribution in [1.29, 1.82) is 0 Å². The van der Waals surface area contributed by atoms with Gasteiger partial charge in [-0.1, -0.05) is 23.7 Å². The van der Waals surface area contributed by atoms with Crippen molar-refractivity contribution in [2.75, 3.05) is 11.5 Å². The standard InChI is InChI=1S/C12H16ClNOS/c13-11-3-1-2-9(12(11)15)8-14-10-4-6-16-7-5-10/h1-3,10,14-15H,4-8H2. The van der Waals surface area contributed by atoms with E-state index in [0.717, 1.165) is 5.56 Å². The lowest BCUT2D eigenvalue weighted by molar-refractivity contribution is 0.447. The number of benzene rings is 1. The van der Waals surface area contributed by atoms with E-state index in [9.17, 15) is 5.11 Å². The molecular formula is C12H16ClNOS. The normalized spacial score (nSPS) is 17.6. The number of rotatable bonds is 3. The van der Waals surface area contributed by atoms with Crippen LogP contribution in [0, 0.1) is 0 Å². The van der Waals surface area contributed by atoms with Crippen LogP contribution in [0.1, 0.15) is 18.4 Å². The molecule has 1 aliphatic heterocycles. The Hall–Kier alpha value is -0.380. The van der Waals surface area contributed by atoms with E-state index in [-0.39, 0.29) is 5.75 Å². The Kier molecular flexibility index (Phi) is 4.38. The molecule has 0 bridgehead atoms. The number of phenolic OH excluding ortho intramolecular Hbond substituents is 1. The highest BCUT2D eigenvalue weighted by molar-refractivity contribution is 7.99. The molecular weight excluding hydrogens is 242 g/mol. The zero-order valence-electron chi connectivity index (χ0n) is 9.08. The van der Waals surface area contributed by atoms with Gasteiger partial charge in [-0.3, -0.25) is 0 Å². The summed E-state index contributed by atoms with van der Waals surface area (Å²) >= 11 is 7.87. The lowest BCUT2D eigenvalue weighted by Gasteiger charge is -2.22. The van der Waals surface area contributed by atoms with Gasteiger partial charge in [0.25, 0.3) is 0 Å². The van der Waals surface area contributed by atoms with Crippen LogP contribution in [0.25, 0.3) is 0 Å². The van der Waals surface area contributed by atoms with Crippen LogP contribution in [0.15, 0.2) is 18.2 Å². The topological polar surface area (TPSA) is 32.3 Å². The number of aromatic hydroxyl groups is 1. The summed E-state index contributed by atoms with van der Waals surface area (Å²) in [7, 11) is 0. The minimum Gasteiger partial charge on any atom is -0.506 e. The van der Waals surface area contributed by atoms with E-state index < -0.39 is 0 Å². The molecule has 0 unspecified atom stereocenters. The van der Waals surface area contributed by atoms with Crippen LogP contribution < -0.4 is 5.32 Å². The molecule has 1 saturated heterocycles. The third kappa shape index (κ3) is 3.06. The van der Waals surface area contributed by atoms with Crippen molar-refractivity contribution >= 4 is 23.4 Å². The second-order valence-corrected chi connectivity index (χ2v) is 5.65. The molecule has 4 heteroatoms. The number of halogens is 1. The summed E-state index contributed by atoms with van der Waals surface area (Å²) in [6.07, 6.45) is 2.43. The number of para-hydroxylation sites is 1. The van der Waals surface area contributed by atoms with Gasteiger partial charge in [0.05, 0.1) is 5.02 Å². The van der Waals surface area contributed by atoms with E-state index in [4.69, 9.17) is 11.6 Å². The molecule has 1 aromatic rings. The van der Waals surface area contributed by atoms with Gasteiger partial charge in [-0.2, -0.15) is 11.8 Å². The average Bonchev–Trinajstić information content (AvgIpc) is 2.32. The van der Waals surface area contributed by atoms with Crippen LogP contribution in [0.2, 0.25) is 5.02 Å². The Balaban J connectivity index is 1.91. The summed E-state index contributed by atoms with van der Waals surface area (Å²) in [5.74, 6) is 2.68. The highest BCUT2D eigenvalue weighted by atomic mass is 35.5. The molecule has 88 valence electrons. The van der Waals surface area contributed by atoms with Gasteiger partial charge in [0.15, 0.2) is 0 Å². The van der Waals surface area contributed by atoms with Gasteiger partial charge < -0.3 is 10.4 Å². The highest BCUT2D eigenvalue weighted by Gasteiger charge is 2.13. The van der Waals surface area contributed by atoms with Crippen LogP contribution >= 0.6 is 23.4 Å². The minimum atomic E-state index is 0.210. The summed E-state index contributed by atoms with van der Waals surface area (Å²) in [5, 5.41) is 13.7. The van der Waals surface area contributed by atoms with E-state index in [1.165, 1.54) is 24.3 Å². The van der Waals surface area contributed by atoms with Gasteiger partial charge in [-0.15, -0.1) is 0 Å². The molecule has 0 atom stereocenters. The van der Waals surface area contributed by atoms with E-state index >= 15 is 0 Å². The van der Waals surface area contributed by atoms with Crippen LogP contribution in [0.3, 0.4) is 0 Å². The summed E-state index contributed by atoms with van der Waals surface area (Å²) in [6.45, 7) is 0.696. The maximum atomic E-state index is 9.75. The van der Waals surface area contributed by atoms with Crippen molar-refractivity contribution in [3.63, 3.8) is 0 Å². The fourth-order valence-corrected chi connectivity index (χ4v) is 3.16. The highest BCUT2D eigenvalue weighted by Crippen LogP contribution is 2.27. The average molecular weight is 258 g/mol. The Morgan fingerprint density at radius 1 is 1.38 bits per heavy atom. The minimum absolute atomic E-state index is 0.210. The number of nitrogens with one attached hydrogen (secondary N) is 1. The predicted octanol–water partition coefficient (Wildman–Crippen LogP) is 3.03. The van der Waals surface area contributed by atoms with Crippen molar-refractivity contribution in [2.24, 2.45) is 0 Å². The van der Waals surface area contributed by atoms with E-state index in [2.05, 4.69) is 5.32 Å². The fourth-order valence-electron chi connectivity index (χ4n) is 1.86. The number of hydrogen-bond acceptors (Lipinski definition) is 3. The van der Waals surface area contributed by atoms with Gasteiger partial charge in [-0.25, -0.2) is 0 Å². The maximum Gasteiger partial charge on any atom is 0.138 e. The smallest absolute Gasteiger partial charge is 0.138 e. The molecule has 0 spiro atoms. The van der Waals surface area contributed by atoms with Gasteiger partial charge >= 0.3 is 0 Å². The molecule has 2 N–H and O–H groups in total. The number of thioether (sulfide) groups is 1. The molecule has 16 heavy (non-hydrogen) atoms. The molecule has 2 nitrogen and oxygen atoms in total. The first-order valence-electron chi connectivity index (χ1n) is 5.55. The second-order valence-electron chi connectivity index (χ2n) is 4.02. The van der Waals surface area contributed by atoms with Crippen LogP contribution in [0.5, 0.6) is 5.75 Å². The van der Waals surface area contributed by atoms with Gasteiger partial charge in [0.1, 0.15) is 5.75 Å². The maximum absolute atomic E-state index is 9.75. The van der Waals surface area contributed by atoms with E-state index in [0.29, 0.717) is 17.6 Å². The van der Waals surface area contributed by atoms with Crippen molar-refractivity contribution in [3.8, 4) is 5.75 Å². The lowest BCUT2D eigenvalue weighted by Crippen LogP contribution is -2.32. The predicted molar refractivity (Wildman–Crippen MR) is 70.3 cm³/mol. The number of hydrogen-bond donors (Lipinski definition) is 2. The summed E-state index contributed by atoms with van der Waals surface area (Å²) in [4.78, 5) is 0. The molecule has 0 saturated carbocycles. The Bertz CT molecular complexity index is 353. The Morgan fingerprint density at radius 2 is 2.12 bits per heavy atom. The van der Waals surface area contributed by atoms with Crippen LogP contribution in [0.4, 0.5) is 0 Å². The van der Waals surface area contributed by atoms with Gasteiger partial charge in [-0.05, 0) is 30.4 Å². The van der Waals surface area contributed by atoms with E-state index in [1.54, 1.807) is 6.07 Å². The fraction of sp³-hybridized carbons (Fsp3) is 0.500. The molecule has 0 radical (unpaired) electrons. The van der Waals surface area contributed by atoms with Crippen LogP contribution in [-0.4, -0.2) is 22.7 Å². The van der Waals surface area contributed by atoms with E-state index in [1.807, 2.05) is 23.9 Å². The molecule has 0 amide bonds. The molecule has 2 rings (SSSR count). The van der Waals surface area contributed by atoms with Crippen molar-refractivity contribution in [2.45, 2.75) is 25.4 Å². The molecule has 1 fully saturated rings.